The Morgan fingerprint density at radius 1 is 0.630 bits per heavy atom. The van der Waals surface area contributed by atoms with Gasteiger partial charge in [0.2, 0.25) is 0 Å². The van der Waals surface area contributed by atoms with Gasteiger partial charge in [0.25, 0.3) is 0 Å². The minimum Gasteiger partial charge on any atom is -0.506 e. The third kappa shape index (κ3) is 4.13. The van der Waals surface area contributed by atoms with Crippen LogP contribution in [0, 0.1) is 27.7 Å². The Morgan fingerprint density at radius 2 is 0.926 bits per heavy atom. The van der Waals surface area contributed by atoms with Crippen LogP contribution in [0.5, 0.6) is 11.5 Å². The zero-order chi connectivity index (χ0) is 20.9. The lowest BCUT2D eigenvalue weighted by atomic mass is 9.84. The second kappa shape index (κ2) is 7.09. The van der Waals surface area contributed by atoms with E-state index in [2.05, 4.69) is 67.5 Å². The summed E-state index contributed by atoms with van der Waals surface area (Å²) in [6.07, 6.45) is 0. The van der Waals surface area contributed by atoms with Crippen LogP contribution in [-0.4, -0.2) is 10.2 Å². The quantitative estimate of drug-likeness (QED) is 0.579. The number of aryl methyl sites for hydroxylation is 2. The van der Waals surface area contributed by atoms with Crippen LogP contribution in [0.15, 0.2) is 21.9 Å². The molecule has 0 fully saturated rings. The van der Waals surface area contributed by atoms with E-state index in [9.17, 15) is 10.2 Å². The molecule has 2 aromatic rings. The van der Waals surface area contributed by atoms with Gasteiger partial charge in [-0.15, -0.1) is 0 Å². The molecule has 2 rings (SSSR count). The van der Waals surface area contributed by atoms with Gasteiger partial charge in [-0.1, -0.05) is 65.4 Å². The van der Waals surface area contributed by atoms with E-state index in [-0.39, 0.29) is 10.8 Å². The Hall–Kier alpha value is -1.61. The molecule has 0 aromatic heterocycles. The summed E-state index contributed by atoms with van der Waals surface area (Å²) in [5, 5.41) is 22.1. The zero-order valence-corrected chi connectivity index (χ0v) is 19.3. The van der Waals surface area contributed by atoms with Crippen LogP contribution in [0.1, 0.15) is 74.9 Å². The maximum absolute atomic E-state index is 11.1. The van der Waals surface area contributed by atoms with Gasteiger partial charge < -0.3 is 10.2 Å². The summed E-state index contributed by atoms with van der Waals surface area (Å²) < 4.78 is 0. The molecule has 0 heterocycles. The summed E-state index contributed by atoms with van der Waals surface area (Å²) in [6, 6.07) is 4.16. The van der Waals surface area contributed by atoms with E-state index in [4.69, 9.17) is 0 Å². The maximum atomic E-state index is 11.1. The van der Waals surface area contributed by atoms with Crippen molar-refractivity contribution in [2.24, 2.45) is 0 Å². The molecule has 0 saturated heterocycles. The van der Waals surface area contributed by atoms with Crippen molar-refractivity contribution in [1.29, 1.82) is 0 Å². The van der Waals surface area contributed by atoms with E-state index < -0.39 is 0 Å². The van der Waals surface area contributed by atoms with Crippen molar-refractivity contribution in [3.8, 4) is 11.5 Å². The zero-order valence-electron chi connectivity index (χ0n) is 18.5. The lowest BCUT2D eigenvalue weighted by Gasteiger charge is -2.26. The minimum absolute atomic E-state index is 0.155. The average Bonchev–Trinajstić information content (AvgIpc) is 2.51. The fraction of sp³-hybridized carbons (Fsp3) is 0.500. The van der Waals surface area contributed by atoms with Crippen molar-refractivity contribution in [3.63, 3.8) is 0 Å². The van der Waals surface area contributed by atoms with E-state index in [1.807, 2.05) is 13.8 Å². The van der Waals surface area contributed by atoms with Crippen LogP contribution >= 0.6 is 11.8 Å². The Balaban J connectivity index is 2.75. The fourth-order valence-corrected chi connectivity index (χ4v) is 4.49. The molecule has 148 valence electrons. The molecule has 27 heavy (non-hydrogen) atoms. The molecule has 0 aliphatic heterocycles. The van der Waals surface area contributed by atoms with Gasteiger partial charge in [0.05, 0.1) is 9.79 Å². The summed E-state index contributed by atoms with van der Waals surface area (Å²) in [5.41, 5.74) is 5.99. The summed E-state index contributed by atoms with van der Waals surface area (Å²) in [5.74, 6) is 0.654. The van der Waals surface area contributed by atoms with Crippen LogP contribution in [0.25, 0.3) is 0 Å². The smallest absolute Gasteiger partial charge is 0.133 e. The first-order chi connectivity index (χ1) is 12.2. The lowest BCUT2D eigenvalue weighted by Crippen LogP contribution is -2.13. The summed E-state index contributed by atoms with van der Waals surface area (Å²) in [7, 11) is 0. The Bertz CT molecular complexity index is 808. The van der Waals surface area contributed by atoms with E-state index in [1.54, 1.807) is 0 Å². The average molecular weight is 387 g/mol. The van der Waals surface area contributed by atoms with Gasteiger partial charge >= 0.3 is 0 Å². The lowest BCUT2D eigenvalue weighted by molar-refractivity contribution is 0.431. The van der Waals surface area contributed by atoms with Gasteiger partial charge in [-0.2, -0.15) is 0 Å². The highest BCUT2D eigenvalue weighted by Gasteiger charge is 2.27. The summed E-state index contributed by atoms with van der Waals surface area (Å²) in [6.45, 7) is 20.9. The topological polar surface area (TPSA) is 40.5 Å². The first-order valence-corrected chi connectivity index (χ1v) is 10.3. The molecule has 0 saturated carbocycles. The van der Waals surface area contributed by atoms with Gasteiger partial charge in [0, 0.05) is 11.1 Å². The van der Waals surface area contributed by atoms with Gasteiger partial charge in [-0.05, 0) is 60.8 Å². The number of hydrogen-bond acceptors (Lipinski definition) is 3. The highest BCUT2D eigenvalue weighted by atomic mass is 32.2. The van der Waals surface area contributed by atoms with E-state index in [0.29, 0.717) is 11.5 Å². The van der Waals surface area contributed by atoms with Crippen molar-refractivity contribution in [1.82, 2.24) is 0 Å². The molecule has 2 N–H and O–H groups in total. The van der Waals surface area contributed by atoms with Gasteiger partial charge in [0.1, 0.15) is 11.5 Å². The highest BCUT2D eigenvalue weighted by molar-refractivity contribution is 7.99. The van der Waals surface area contributed by atoms with Crippen molar-refractivity contribution >= 4 is 11.8 Å². The molecule has 0 aliphatic rings. The number of phenolic OH excluding ortho intramolecular Hbond substituents is 2. The van der Waals surface area contributed by atoms with Crippen LogP contribution in [0.3, 0.4) is 0 Å². The molecule has 0 spiro atoms. The molecule has 0 amide bonds. The predicted octanol–water partition coefficient (Wildman–Crippen LogP) is 7.08. The van der Waals surface area contributed by atoms with Crippen molar-refractivity contribution in [2.75, 3.05) is 0 Å². The number of rotatable bonds is 2. The SMILES string of the molecule is Cc1cc(C(C)(C)C)c(O)c(Sc2c(C)c(C)cc(C(C)(C)C)c2O)c1C. The van der Waals surface area contributed by atoms with Gasteiger partial charge in [-0.3, -0.25) is 0 Å². The maximum Gasteiger partial charge on any atom is 0.133 e. The van der Waals surface area contributed by atoms with Crippen LogP contribution in [-0.2, 0) is 10.8 Å². The third-order valence-corrected chi connectivity index (χ3v) is 6.75. The van der Waals surface area contributed by atoms with E-state index in [0.717, 1.165) is 43.2 Å². The second-order valence-corrected chi connectivity index (χ2v) is 10.7. The number of aromatic hydroxyl groups is 2. The number of hydrogen-bond donors (Lipinski definition) is 2. The Labute approximate surface area is 169 Å². The van der Waals surface area contributed by atoms with Gasteiger partial charge in [-0.25, -0.2) is 0 Å². The normalized spacial score (nSPS) is 12.5. The fourth-order valence-electron chi connectivity index (χ4n) is 3.24. The van der Waals surface area contributed by atoms with E-state index in [1.165, 1.54) is 11.8 Å². The second-order valence-electron chi connectivity index (χ2n) is 9.69. The third-order valence-electron chi connectivity index (χ3n) is 5.35. The molecule has 2 aromatic carbocycles. The summed E-state index contributed by atoms with van der Waals surface area (Å²) in [4.78, 5) is 1.67. The molecule has 3 heteroatoms. The van der Waals surface area contributed by atoms with Crippen molar-refractivity contribution < 1.29 is 10.2 Å². The first kappa shape index (κ1) is 21.7. The monoisotopic (exact) mass is 386 g/mol. The van der Waals surface area contributed by atoms with Crippen molar-refractivity contribution in [2.45, 2.75) is 89.9 Å². The molecule has 0 bridgehead atoms. The standard InChI is InChI=1S/C24H34O2S/c1-13-11-17(23(5,6)7)19(25)21(15(13)3)27-22-16(4)14(2)12-18(20(22)26)24(8,9)10/h11-12,25-26H,1-10H3. The molecule has 0 aliphatic carbocycles. The first-order valence-electron chi connectivity index (χ1n) is 9.51. The van der Waals surface area contributed by atoms with E-state index >= 15 is 0 Å². The van der Waals surface area contributed by atoms with Gasteiger partial charge in [0.15, 0.2) is 0 Å². The molecule has 0 unspecified atom stereocenters. The van der Waals surface area contributed by atoms with Crippen molar-refractivity contribution in [3.05, 3.63) is 45.5 Å². The number of benzene rings is 2. The number of phenols is 2. The largest absolute Gasteiger partial charge is 0.506 e. The van der Waals surface area contributed by atoms with Crippen LogP contribution in [0.4, 0.5) is 0 Å². The molecule has 2 nitrogen and oxygen atoms in total. The molecular formula is C24H34O2S. The molecule has 0 atom stereocenters. The Morgan fingerprint density at radius 3 is 1.19 bits per heavy atom. The van der Waals surface area contributed by atoms with Crippen LogP contribution in [0.2, 0.25) is 0 Å². The molecular weight excluding hydrogens is 352 g/mol. The Kier molecular flexibility index (Phi) is 5.69. The molecule has 0 radical (unpaired) electrons. The summed E-state index contributed by atoms with van der Waals surface area (Å²) >= 11 is 1.48. The minimum atomic E-state index is -0.155. The highest BCUT2D eigenvalue weighted by Crippen LogP contribution is 2.49. The van der Waals surface area contributed by atoms with Crippen LogP contribution < -0.4 is 0 Å². The predicted molar refractivity (Wildman–Crippen MR) is 117 cm³/mol.